The molecule has 0 heterocycles. The molecule has 0 aromatic heterocycles. The SMILES string of the molecule is C=Cc1cccc(CCCO[SiH](CCC)C(C)OC)c1. The molecule has 0 N–H and O–H groups in total. The Morgan fingerprint density at radius 1 is 1.40 bits per heavy atom. The van der Waals surface area contributed by atoms with Gasteiger partial charge in [-0.3, -0.25) is 0 Å². The van der Waals surface area contributed by atoms with Gasteiger partial charge in [0, 0.05) is 13.7 Å². The fraction of sp³-hybridized carbons (Fsp3) is 0.529. The minimum absolute atomic E-state index is 0.305. The maximum Gasteiger partial charge on any atom is 0.204 e. The molecule has 1 aromatic rings. The summed E-state index contributed by atoms with van der Waals surface area (Å²) in [7, 11) is 0.574. The number of ether oxygens (including phenoxy) is 1. The second-order valence-corrected chi connectivity index (χ2v) is 8.12. The zero-order chi connectivity index (χ0) is 14.8. The van der Waals surface area contributed by atoms with Crippen molar-refractivity contribution >= 4 is 15.1 Å². The summed E-state index contributed by atoms with van der Waals surface area (Å²) < 4.78 is 11.5. The van der Waals surface area contributed by atoms with Gasteiger partial charge < -0.3 is 9.16 Å². The molecule has 0 aliphatic carbocycles. The van der Waals surface area contributed by atoms with Gasteiger partial charge in [0.1, 0.15) is 0 Å². The molecule has 0 radical (unpaired) electrons. The molecule has 112 valence electrons. The van der Waals surface area contributed by atoms with E-state index in [0.29, 0.717) is 5.73 Å². The van der Waals surface area contributed by atoms with Crippen molar-refractivity contribution in [3.8, 4) is 0 Å². The van der Waals surface area contributed by atoms with Gasteiger partial charge in [0.05, 0.1) is 5.73 Å². The highest BCUT2D eigenvalue weighted by molar-refractivity contribution is 6.53. The van der Waals surface area contributed by atoms with E-state index in [-0.39, 0.29) is 0 Å². The highest BCUT2D eigenvalue weighted by Gasteiger charge is 2.18. The lowest BCUT2D eigenvalue weighted by molar-refractivity contribution is 0.150. The fourth-order valence-electron chi connectivity index (χ4n) is 2.28. The molecule has 0 spiro atoms. The van der Waals surface area contributed by atoms with E-state index in [9.17, 15) is 0 Å². The minimum Gasteiger partial charge on any atom is -0.417 e. The Balaban J connectivity index is 2.33. The zero-order valence-electron chi connectivity index (χ0n) is 13.1. The van der Waals surface area contributed by atoms with Crippen LogP contribution in [0.1, 0.15) is 37.8 Å². The van der Waals surface area contributed by atoms with Crippen molar-refractivity contribution in [1.82, 2.24) is 0 Å². The third-order valence-electron chi connectivity index (χ3n) is 3.60. The van der Waals surface area contributed by atoms with Crippen LogP contribution >= 0.6 is 0 Å². The third kappa shape index (κ3) is 6.03. The standard InChI is InChI=1S/C17H28O2Si/c1-5-13-20(15(3)18-4)19-12-8-11-17-10-7-9-16(6-2)14-17/h6-7,9-10,14-15,20H,2,5,8,11-13H2,1,3-4H3. The van der Waals surface area contributed by atoms with Gasteiger partial charge in [-0.25, -0.2) is 0 Å². The highest BCUT2D eigenvalue weighted by Crippen LogP contribution is 2.11. The lowest BCUT2D eigenvalue weighted by Crippen LogP contribution is -2.33. The van der Waals surface area contributed by atoms with Gasteiger partial charge in [-0.2, -0.15) is 0 Å². The van der Waals surface area contributed by atoms with Crippen LogP contribution in [0, 0.1) is 0 Å². The Morgan fingerprint density at radius 3 is 2.85 bits per heavy atom. The molecule has 0 aliphatic rings. The van der Waals surface area contributed by atoms with Crippen LogP contribution in [0.4, 0.5) is 0 Å². The first kappa shape index (κ1) is 17.1. The smallest absolute Gasteiger partial charge is 0.204 e. The molecule has 0 amide bonds. The van der Waals surface area contributed by atoms with Crippen molar-refractivity contribution in [2.75, 3.05) is 13.7 Å². The minimum atomic E-state index is -1.21. The van der Waals surface area contributed by atoms with Crippen molar-refractivity contribution in [2.45, 2.75) is 44.9 Å². The van der Waals surface area contributed by atoms with Gasteiger partial charge in [0.2, 0.25) is 9.04 Å². The summed E-state index contributed by atoms with van der Waals surface area (Å²) in [6.45, 7) is 9.01. The molecule has 2 unspecified atom stereocenters. The van der Waals surface area contributed by atoms with E-state index in [0.717, 1.165) is 19.4 Å². The Bertz CT molecular complexity index is 392. The van der Waals surface area contributed by atoms with Gasteiger partial charge in [-0.1, -0.05) is 50.3 Å². The van der Waals surface area contributed by atoms with Crippen LogP contribution in [0.5, 0.6) is 0 Å². The second kappa shape index (κ2) is 9.92. The summed E-state index contributed by atoms with van der Waals surface area (Å²) in [5.74, 6) is 0. The molecule has 1 rings (SSSR count). The van der Waals surface area contributed by atoms with E-state index < -0.39 is 9.04 Å². The van der Waals surface area contributed by atoms with Gasteiger partial charge in [0.15, 0.2) is 0 Å². The topological polar surface area (TPSA) is 18.5 Å². The molecule has 0 bridgehead atoms. The van der Waals surface area contributed by atoms with Crippen LogP contribution in [-0.4, -0.2) is 28.5 Å². The van der Waals surface area contributed by atoms with Crippen molar-refractivity contribution in [3.63, 3.8) is 0 Å². The van der Waals surface area contributed by atoms with Gasteiger partial charge in [-0.05, 0) is 36.9 Å². The molecule has 3 heteroatoms. The van der Waals surface area contributed by atoms with Crippen LogP contribution in [0.2, 0.25) is 6.04 Å². The third-order valence-corrected chi connectivity index (χ3v) is 6.73. The fourth-order valence-corrected chi connectivity index (χ4v) is 4.53. The molecule has 0 saturated carbocycles. The van der Waals surface area contributed by atoms with E-state index >= 15 is 0 Å². The van der Waals surface area contributed by atoms with Crippen molar-refractivity contribution < 1.29 is 9.16 Å². The number of benzene rings is 1. The number of rotatable bonds is 10. The Morgan fingerprint density at radius 2 is 2.20 bits per heavy atom. The summed E-state index contributed by atoms with van der Waals surface area (Å²) in [6.07, 6.45) is 5.22. The Kier molecular flexibility index (Phi) is 8.50. The molecular weight excluding hydrogens is 264 g/mol. The van der Waals surface area contributed by atoms with Crippen LogP contribution in [0.3, 0.4) is 0 Å². The van der Waals surface area contributed by atoms with Crippen LogP contribution in [0.25, 0.3) is 6.08 Å². The lowest BCUT2D eigenvalue weighted by Gasteiger charge is -2.21. The average molecular weight is 292 g/mol. The normalized spacial score (nSPS) is 13.9. The molecule has 0 aliphatic heterocycles. The zero-order valence-corrected chi connectivity index (χ0v) is 14.3. The molecular formula is C17H28O2Si. The van der Waals surface area contributed by atoms with E-state index in [2.05, 4.69) is 44.7 Å². The van der Waals surface area contributed by atoms with E-state index in [1.807, 2.05) is 6.08 Å². The molecule has 1 aromatic carbocycles. The van der Waals surface area contributed by atoms with Crippen LogP contribution < -0.4 is 0 Å². The maximum absolute atomic E-state index is 6.11. The molecule has 20 heavy (non-hydrogen) atoms. The predicted molar refractivity (Wildman–Crippen MR) is 89.5 cm³/mol. The number of hydrogen-bond donors (Lipinski definition) is 0. The largest absolute Gasteiger partial charge is 0.417 e. The summed E-state index contributed by atoms with van der Waals surface area (Å²) in [6, 6.07) is 9.74. The summed E-state index contributed by atoms with van der Waals surface area (Å²) in [5, 5.41) is 0. The van der Waals surface area contributed by atoms with Gasteiger partial charge >= 0.3 is 0 Å². The summed E-state index contributed by atoms with van der Waals surface area (Å²) in [4.78, 5) is 0. The van der Waals surface area contributed by atoms with Crippen LogP contribution in [0.15, 0.2) is 30.8 Å². The first-order valence-corrected chi connectivity index (χ1v) is 9.52. The maximum atomic E-state index is 6.11. The van der Waals surface area contributed by atoms with E-state index in [1.165, 1.54) is 23.6 Å². The van der Waals surface area contributed by atoms with E-state index in [4.69, 9.17) is 9.16 Å². The average Bonchev–Trinajstić information content (AvgIpc) is 2.49. The molecule has 2 atom stereocenters. The predicted octanol–water partition coefficient (Wildman–Crippen LogP) is 3.99. The monoisotopic (exact) mass is 292 g/mol. The Hall–Kier alpha value is -0.903. The number of methoxy groups -OCH3 is 1. The van der Waals surface area contributed by atoms with Crippen molar-refractivity contribution in [1.29, 1.82) is 0 Å². The molecule has 0 fully saturated rings. The number of hydrogen-bond acceptors (Lipinski definition) is 2. The van der Waals surface area contributed by atoms with E-state index in [1.54, 1.807) is 7.11 Å². The quantitative estimate of drug-likeness (QED) is 0.479. The van der Waals surface area contributed by atoms with Gasteiger partial charge in [0.25, 0.3) is 0 Å². The first-order valence-electron chi connectivity index (χ1n) is 7.57. The Labute approximate surface area is 125 Å². The lowest BCUT2D eigenvalue weighted by atomic mass is 10.1. The van der Waals surface area contributed by atoms with Crippen molar-refractivity contribution in [2.24, 2.45) is 0 Å². The second-order valence-electron chi connectivity index (χ2n) is 5.19. The summed E-state index contributed by atoms with van der Waals surface area (Å²) >= 11 is 0. The van der Waals surface area contributed by atoms with Crippen LogP contribution in [-0.2, 0) is 15.6 Å². The first-order chi connectivity index (χ1) is 9.71. The molecule has 2 nitrogen and oxygen atoms in total. The highest BCUT2D eigenvalue weighted by atomic mass is 28.3. The molecule has 0 saturated heterocycles. The summed E-state index contributed by atoms with van der Waals surface area (Å²) in [5.41, 5.74) is 2.85. The number of aryl methyl sites for hydroxylation is 1. The van der Waals surface area contributed by atoms with Gasteiger partial charge in [-0.15, -0.1) is 0 Å². The van der Waals surface area contributed by atoms with Crippen molar-refractivity contribution in [3.05, 3.63) is 42.0 Å².